The second-order valence-electron chi connectivity index (χ2n) is 6.37. The smallest absolute Gasteiger partial charge is 0.254 e. The summed E-state index contributed by atoms with van der Waals surface area (Å²) in [4.78, 5) is 3.35. The van der Waals surface area contributed by atoms with Gasteiger partial charge in [0, 0.05) is 30.1 Å². The number of aryl methyl sites for hydroxylation is 2. The van der Waals surface area contributed by atoms with Crippen molar-refractivity contribution >= 4 is 10.9 Å². The molecular weight excluding hydrogens is 322 g/mol. The van der Waals surface area contributed by atoms with E-state index in [1.807, 2.05) is 18.2 Å². The first-order valence-corrected chi connectivity index (χ1v) is 8.29. The van der Waals surface area contributed by atoms with Gasteiger partial charge in [0.05, 0.1) is 13.2 Å². The zero-order valence-electron chi connectivity index (χ0n) is 14.6. The molecule has 1 N–H and O–H groups in total. The normalized spacial score (nSPS) is 20.4. The maximum atomic E-state index is 5.82. The Morgan fingerprint density at radius 3 is 2.92 bits per heavy atom. The van der Waals surface area contributed by atoms with Crippen LogP contribution < -0.4 is 4.74 Å². The van der Waals surface area contributed by atoms with Crippen molar-refractivity contribution in [2.45, 2.75) is 32.5 Å². The van der Waals surface area contributed by atoms with E-state index in [4.69, 9.17) is 18.6 Å². The first-order valence-electron chi connectivity index (χ1n) is 8.29. The molecule has 0 amide bonds. The number of H-pyrrole nitrogens is 1. The van der Waals surface area contributed by atoms with Crippen molar-refractivity contribution in [2.75, 3.05) is 20.3 Å². The van der Waals surface area contributed by atoms with Crippen LogP contribution in [0.1, 0.15) is 29.5 Å². The van der Waals surface area contributed by atoms with Crippen molar-refractivity contribution in [3.8, 4) is 5.75 Å². The Morgan fingerprint density at radius 2 is 2.16 bits per heavy atom. The lowest BCUT2D eigenvalue weighted by Crippen LogP contribution is -2.29. The SMILES string of the molecule is COC1(c2nnc(COc3ccc4[nH]c(C)c(C)c4c3)o2)CCOC1. The average Bonchev–Trinajstić information content (AvgIpc) is 3.34. The summed E-state index contributed by atoms with van der Waals surface area (Å²) in [6.45, 7) is 5.41. The lowest BCUT2D eigenvalue weighted by Gasteiger charge is -2.20. The van der Waals surface area contributed by atoms with Gasteiger partial charge in [-0.3, -0.25) is 0 Å². The number of nitrogens with one attached hydrogen (secondary N) is 1. The van der Waals surface area contributed by atoms with E-state index in [2.05, 4.69) is 29.0 Å². The molecule has 1 atom stereocenters. The van der Waals surface area contributed by atoms with Gasteiger partial charge in [0.2, 0.25) is 0 Å². The number of hydrogen-bond acceptors (Lipinski definition) is 6. The molecule has 1 aromatic carbocycles. The van der Waals surface area contributed by atoms with Crippen LogP contribution in [0.25, 0.3) is 10.9 Å². The lowest BCUT2D eigenvalue weighted by molar-refractivity contribution is -0.0420. The molecule has 1 aliphatic heterocycles. The van der Waals surface area contributed by atoms with E-state index in [0.29, 0.717) is 31.4 Å². The summed E-state index contributed by atoms with van der Waals surface area (Å²) in [5.41, 5.74) is 2.86. The van der Waals surface area contributed by atoms with Crippen molar-refractivity contribution in [3.63, 3.8) is 0 Å². The Hall–Kier alpha value is -2.38. The van der Waals surface area contributed by atoms with E-state index >= 15 is 0 Å². The highest BCUT2D eigenvalue weighted by Gasteiger charge is 2.42. The zero-order chi connectivity index (χ0) is 17.4. The van der Waals surface area contributed by atoms with Crippen LogP contribution >= 0.6 is 0 Å². The third kappa shape index (κ3) is 2.79. The molecule has 7 heteroatoms. The second kappa shape index (κ2) is 6.16. The second-order valence-corrected chi connectivity index (χ2v) is 6.37. The van der Waals surface area contributed by atoms with E-state index < -0.39 is 5.60 Å². The van der Waals surface area contributed by atoms with Crippen molar-refractivity contribution in [3.05, 3.63) is 41.2 Å². The predicted octanol–water partition coefficient (Wildman–Crippen LogP) is 3.01. The van der Waals surface area contributed by atoms with Crippen molar-refractivity contribution in [1.29, 1.82) is 0 Å². The Balaban J connectivity index is 1.49. The summed E-state index contributed by atoms with van der Waals surface area (Å²) in [5.74, 6) is 1.62. The van der Waals surface area contributed by atoms with Gasteiger partial charge in [0.25, 0.3) is 11.8 Å². The molecule has 132 valence electrons. The number of rotatable bonds is 5. The molecule has 4 rings (SSSR count). The molecule has 3 aromatic rings. The molecule has 1 aliphatic rings. The van der Waals surface area contributed by atoms with Gasteiger partial charge >= 0.3 is 0 Å². The quantitative estimate of drug-likeness (QED) is 0.767. The molecule has 7 nitrogen and oxygen atoms in total. The van der Waals surface area contributed by atoms with E-state index in [9.17, 15) is 0 Å². The summed E-state index contributed by atoms with van der Waals surface area (Å²) in [6.07, 6.45) is 0.703. The van der Waals surface area contributed by atoms with Crippen LogP contribution in [0.4, 0.5) is 0 Å². The van der Waals surface area contributed by atoms with Crippen LogP contribution in [0, 0.1) is 13.8 Å². The number of hydrogen-bond donors (Lipinski definition) is 1. The van der Waals surface area contributed by atoms with Gasteiger partial charge in [-0.25, -0.2) is 0 Å². The maximum absolute atomic E-state index is 5.82. The number of fused-ring (bicyclic) bond motifs is 1. The van der Waals surface area contributed by atoms with Gasteiger partial charge in [0.1, 0.15) is 5.75 Å². The number of benzene rings is 1. The molecule has 25 heavy (non-hydrogen) atoms. The van der Waals surface area contributed by atoms with Crippen LogP contribution in [0.2, 0.25) is 0 Å². The van der Waals surface area contributed by atoms with Gasteiger partial charge in [-0.05, 0) is 37.6 Å². The van der Waals surface area contributed by atoms with Gasteiger partial charge < -0.3 is 23.6 Å². The van der Waals surface area contributed by atoms with Crippen molar-refractivity contribution in [1.82, 2.24) is 15.2 Å². The topological polar surface area (TPSA) is 82.4 Å². The Bertz CT molecular complexity index is 893. The first kappa shape index (κ1) is 16.1. The van der Waals surface area contributed by atoms with E-state index in [-0.39, 0.29) is 6.61 Å². The summed E-state index contributed by atoms with van der Waals surface area (Å²) < 4.78 is 22.5. The van der Waals surface area contributed by atoms with E-state index in [0.717, 1.165) is 22.3 Å². The first-order chi connectivity index (χ1) is 12.1. The summed E-state index contributed by atoms with van der Waals surface area (Å²) in [6, 6.07) is 5.96. The number of aromatic nitrogens is 3. The van der Waals surface area contributed by atoms with Crippen molar-refractivity contribution in [2.24, 2.45) is 0 Å². The molecule has 0 bridgehead atoms. The third-order valence-electron chi connectivity index (χ3n) is 4.87. The van der Waals surface area contributed by atoms with Crippen LogP contribution in [-0.2, 0) is 21.7 Å². The third-order valence-corrected chi connectivity index (χ3v) is 4.87. The van der Waals surface area contributed by atoms with Crippen LogP contribution in [0.5, 0.6) is 5.75 Å². The van der Waals surface area contributed by atoms with Crippen LogP contribution in [-0.4, -0.2) is 35.5 Å². The van der Waals surface area contributed by atoms with Gasteiger partial charge in [-0.2, -0.15) is 0 Å². The minimum atomic E-state index is -0.635. The summed E-state index contributed by atoms with van der Waals surface area (Å²) in [7, 11) is 1.63. The fraction of sp³-hybridized carbons (Fsp3) is 0.444. The van der Waals surface area contributed by atoms with Gasteiger partial charge in [-0.15, -0.1) is 10.2 Å². The fourth-order valence-electron chi connectivity index (χ4n) is 3.13. The molecule has 0 saturated carbocycles. The molecule has 1 unspecified atom stereocenters. The Labute approximate surface area is 145 Å². The van der Waals surface area contributed by atoms with E-state index in [1.165, 1.54) is 5.56 Å². The Morgan fingerprint density at radius 1 is 1.28 bits per heavy atom. The minimum absolute atomic E-state index is 0.210. The van der Waals surface area contributed by atoms with Crippen molar-refractivity contribution < 1.29 is 18.6 Å². The number of nitrogens with zero attached hydrogens (tertiary/aromatic N) is 2. The molecule has 2 aromatic heterocycles. The monoisotopic (exact) mass is 343 g/mol. The number of aromatic amines is 1. The average molecular weight is 343 g/mol. The number of methoxy groups -OCH3 is 1. The summed E-state index contributed by atoms with van der Waals surface area (Å²) >= 11 is 0. The predicted molar refractivity (Wildman–Crippen MR) is 90.5 cm³/mol. The van der Waals surface area contributed by atoms with Gasteiger partial charge in [-0.1, -0.05) is 0 Å². The zero-order valence-corrected chi connectivity index (χ0v) is 14.6. The van der Waals surface area contributed by atoms with Gasteiger partial charge in [0.15, 0.2) is 12.2 Å². The van der Waals surface area contributed by atoms with Crippen LogP contribution in [0.3, 0.4) is 0 Å². The Kier molecular flexibility index (Phi) is 3.97. The van der Waals surface area contributed by atoms with Crippen LogP contribution in [0.15, 0.2) is 22.6 Å². The lowest BCUT2D eigenvalue weighted by atomic mass is 10.0. The molecule has 1 saturated heterocycles. The van der Waals surface area contributed by atoms with E-state index in [1.54, 1.807) is 7.11 Å². The highest BCUT2D eigenvalue weighted by molar-refractivity contribution is 5.85. The molecular formula is C18H21N3O4. The molecule has 1 fully saturated rings. The number of ether oxygens (including phenoxy) is 3. The molecule has 0 aliphatic carbocycles. The standard InChI is InChI=1S/C18H21N3O4/c1-11-12(2)19-15-5-4-13(8-14(11)15)24-9-16-20-21-17(25-16)18(22-3)6-7-23-10-18/h4-5,8,19H,6-7,9-10H2,1-3H3. The maximum Gasteiger partial charge on any atom is 0.254 e. The largest absolute Gasteiger partial charge is 0.484 e. The molecule has 0 spiro atoms. The highest BCUT2D eigenvalue weighted by Crippen LogP contribution is 2.33. The fourth-order valence-corrected chi connectivity index (χ4v) is 3.13. The minimum Gasteiger partial charge on any atom is -0.484 e. The molecule has 0 radical (unpaired) electrons. The highest BCUT2D eigenvalue weighted by atomic mass is 16.6. The molecule has 3 heterocycles. The summed E-state index contributed by atoms with van der Waals surface area (Å²) in [5, 5.41) is 9.34.